The summed E-state index contributed by atoms with van der Waals surface area (Å²) >= 11 is 2.91. The predicted octanol–water partition coefficient (Wildman–Crippen LogP) is 0.500. The molecule has 0 aliphatic heterocycles. The number of hydrogen-bond acceptors (Lipinski definition) is 2. The van der Waals surface area contributed by atoms with E-state index in [4.69, 9.17) is 0 Å². The van der Waals surface area contributed by atoms with E-state index in [0.29, 0.717) is 0 Å². The van der Waals surface area contributed by atoms with Gasteiger partial charge in [0.15, 0.2) is 0 Å². The van der Waals surface area contributed by atoms with Crippen molar-refractivity contribution in [3.05, 3.63) is 0 Å². The van der Waals surface area contributed by atoms with Gasteiger partial charge in [-0.2, -0.15) is 0 Å². The standard InChI is InChI=1S/C5H7O2.Mn/c1-4(6)3-5(2)7;/h3H,1-2H3;. The van der Waals surface area contributed by atoms with Crippen molar-refractivity contribution in [2.24, 2.45) is 0 Å². The van der Waals surface area contributed by atoms with E-state index in [-0.39, 0.29) is 11.6 Å². The van der Waals surface area contributed by atoms with Crippen LogP contribution in [-0.2, 0) is 25.6 Å². The van der Waals surface area contributed by atoms with Gasteiger partial charge in [-0.05, 0) is 0 Å². The van der Waals surface area contributed by atoms with E-state index in [0.717, 1.165) is 0 Å². The molecule has 0 N–H and O–H groups in total. The second-order valence-corrected chi connectivity index (χ2v) is 2.27. The van der Waals surface area contributed by atoms with Gasteiger partial charge in [0, 0.05) is 0 Å². The number of hydrogen-bond donors (Lipinski definition) is 0. The molecule has 0 radical (unpaired) electrons. The van der Waals surface area contributed by atoms with Crippen molar-refractivity contribution in [1.82, 2.24) is 0 Å². The van der Waals surface area contributed by atoms with Gasteiger partial charge >= 0.3 is 55.8 Å². The van der Waals surface area contributed by atoms with Crippen molar-refractivity contribution in [2.75, 3.05) is 0 Å². The van der Waals surface area contributed by atoms with Crippen molar-refractivity contribution in [3.8, 4) is 0 Å². The number of rotatable bonds is 2. The second-order valence-electron chi connectivity index (χ2n) is 1.58. The molecule has 0 saturated heterocycles. The minimum atomic E-state index is -0.595. The van der Waals surface area contributed by atoms with Gasteiger partial charge in [-0.1, -0.05) is 0 Å². The van der Waals surface area contributed by atoms with E-state index in [1.165, 1.54) is 13.8 Å². The van der Waals surface area contributed by atoms with Gasteiger partial charge in [-0.3, -0.25) is 0 Å². The number of ketones is 2. The first-order chi connectivity index (χ1) is 3.55. The molecule has 0 aliphatic rings. The Morgan fingerprint density at radius 2 is 1.50 bits per heavy atom. The Morgan fingerprint density at radius 1 is 1.25 bits per heavy atom. The van der Waals surface area contributed by atoms with Crippen molar-refractivity contribution >= 4 is 11.6 Å². The minimum absolute atomic E-state index is 0.141. The molecule has 8 heavy (non-hydrogen) atoms. The Labute approximate surface area is 56.5 Å². The molecule has 3 heteroatoms. The Hall–Kier alpha value is -0.141. The zero-order valence-electron chi connectivity index (χ0n) is 4.77. The molecule has 0 aromatic carbocycles. The molecule has 0 bridgehead atoms. The summed E-state index contributed by atoms with van der Waals surface area (Å²) in [6.07, 6.45) is 0. The van der Waals surface area contributed by atoms with Crippen molar-refractivity contribution < 1.29 is 25.6 Å². The first-order valence-electron chi connectivity index (χ1n) is 2.20. The van der Waals surface area contributed by atoms with Crippen LogP contribution < -0.4 is 0 Å². The quantitative estimate of drug-likeness (QED) is 0.428. The summed E-state index contributed by atoms with van der Waals surface area (Å²) < 4.78 is 0. The summed E-state index contributed by atoms with van der Waals surface area (Å²) in [5.74, 6) is -0.282. The Morgan fingerprint density at radius 3 is 1.50 bits per heavy atom. The molecule has 0 rings (SSSR count). The van der Waals surface area contributed by atoms with Crippen LogP contribution >= 0.6 is 0 Å². The fourth-order valence-electron chi connectivity index (χ4n) is 0.286. The molecule has 0 atom stereocenters. The van der Waals surface area contributed by atoms with Gasteiger partial charge in [0.1, 0.15) is 0 Å². The number of carbonyl (C=O) groups excluding carboxylic acids is 2. The zero-order valence-corrected chi connectivity index (χ0v) is 5.95. The average molecular weight is 154 g/mol. The van der Waals surface area contributed by atoms with Crippen LogP contribution in [0.15, 0.2) is 0 Å². The molecule has 0 saturated carbocycles. The van der Waals surface area contributed by atoms with E-state index in [2.05, 4.69) is 16.0 Å². The zero-order chi connectivity index (χ0) is 6.73. The van der Waals surface area contributed by atoms with E-state index < -0.39 is 4.82 Å². The first-order valence-corrected chi connectivity index (χ1v) is 2.89. The molecular weight excluding hydrogens is 147 g/mol. The van der Waals surface area contributed by atoms with E-state index in [1.807, 2.05) is 0 Å². The maximum absolute atomic E-state index is 10.3. The van der Waals surface area contributed by atoms with E-state index in [9.17, 15) is 9.59 Å². The van der Waals surface area contributed by atoms with Crippen LogP contribution in [0.4, 0.5) is 0 Å². The van der Waals surface area contributed by atoms with Crippen LogP contribution in [0, 0.1) is 0 Å². The fourth-order valence-corrected chi connectivity index (χ4v) is 0.286. The van der Waals surface area contributed by atoms with Gasteiger partial charge in [0.2, 0.25) is 0 Å². The molecular formula is C5H7MnO2. The van der Waals surface area contributed by atoms with Crippen LogP contribution in [0.25, 0.3) is 0 Å². The van der Waals surface area contributed by atoms with Gasteiger partial charge in [-0.15, -0.1) is 0 Å². The third-order valence-corrected chi connectivity index (χ3v) is 1.67. The van der Waals surface area contributed by atoms with Gasteiger partial charge in [-0.25, -0.2) is 0 Å². The normalized spacial score (nSPS) is 9.50. The number of carbonyl (C=O) groups is 2. The fraction of sp³-hybridized carbons (Fsp3) is 0.600. The van der Waals surface area contributed by atoms with Crippen molar-refractivity contribution in [1.29, 1.82) is 0 Å². The first kappa shape index (κ1) is 7.86. The summed E-state index contributed by atoms with van der Waals surface area (Å²) in [5, 5.41) is 0. The molecule has 0 spiro atoms. The third-order valence-electron chi connectivity index (χ3n) is 0.714. The molecule has 0 aromatic heterocycles. The van der Waals surface area contributed by atoms with Crippen molar-refractivity contribution in [3.63, 3.8) is 0 Å². The maximum atomic E-state index is 10.3. The molecule has 0 aromatic rings. The van der Waals surface area contributed by atoms with Gasteiger partial charge in [0.25, 0.3) is 0 Å². The molecule has 0 fully saturated rings. The molecule has 2 nitrogen and oxygen atoms in total. The number of Topliss-reactive ketones (excluding diaryl/α,β-unsaturated/α-hetero) is 2. The topological polar surface area (TPSA) is 34.1 Å². The summed E-state index contributed by atoms with van der Waals surface area (Å²) in [4.78, 5) is 20.0. The van der Waals surface area contributed by atoms with E-state index >= 15 is 0 Å². The monoisotopic (exact) mass is 154 g/mol. The third kappa shape index (κ3) is 2.24. The summed E-state index contributed by atoms with van der Waals surface area (Å²) in [6.45, 7) is 2.75. The summed E-state index contributed by atoms with van der Waals surface area (Å²) in [6, 6.07) is 0. The Bertz CT molecular complexity index is 106. The average Bonchev–Trinajstić information content (AvgIpc) is 1.64. The Kier molecular flexibility index (Phi) is 2.95. The predicted molar refractivity (Wildman–Crippen MR) is 25.1 cm³/mol. The molecule has 0 heterocycles. The molecule has 0 amide bonds. The Balaban J connectivity index is 3.83. The van der Waals surface area contributed by atoms with Crippen LogP contribution in [0.3, 0.4) is 0 Å². The van der Waals surface area contributed by atoms with Crippen LogP contribution in [0.1, 0.15) is 13.8 Å². The SMILES string of the molecule is CC(=O)[CH]([Mn])C(C)=O. The summed E-state index contributed by atoms with van der Waals surface area (Å²) in [7, 11) is 0. The molecule has 0 unspecified atom stereocenters. The van der Waals surface area contributed by atoms with Crippen molar-refractivity contribution in [2.45, 2.75) is 18.7 Å². The molecule has 46 valence electrons. The van der Waals surface area contributed by atoms with E-state index in [1.54, 1.807) is 0 Å². The van der Waals surface area contributed by atoms with Gasteiger partial charge < -0.3 is 0 Å². The molecule has 0 aliphatic carbocycles. The van der Waals surface area contributed by atoms with Crippen LogP contribution in [-0.4, -0.2) is 11.6 Å². The van der Waals surface area contributed by atoms with Crippen LogP contribution in [0.2, 0.25) is 4.82 Å². The van der Waals surface area contributed by atoms with Crippen LogP contribution in [0.5, 0.6) is 0 Å². The summed E-state index contributed by atoms with van der Waals surface area (Å²) in [5.41, 5.74) is 0. The van der Waals surface area contributed by atoms with Gasteiger partial charge in [0.05, 0.1) is 0 Å². The second kappa shape index (κ2) is 3.00.